The van der Waals surface area contributed by atoms with E-state index in [1.165, 1.54) is 43.6 Å². The maximum atomic E-state index is 4.14. The van der Waals surface area contributed by atoms with Crippen LogP contribution in [0.2, 0.25) is 0 Å². The van der Waals surface area contributed by atoms with E-state index in [2.05, 4.69) is 39.3 Å². The van der Waals surface area contributed by atoms with Gasteiger partial charge in [-0.25, -0.2) is 4.98 Å². The topological polar surface area (TPSA) is 17.8 Å². The van der Waals surface area contributed by atoms with Gasteiger partial charge in [0, 0.05) is 30.4 Å². The Morgan fingerprint density at radius 3 is 2.65 bits per heavy atom. The van der Waals surface area contributed by atoms with E-state index < -0.39 is 0 Å². The largest absolute Gasteiger partial charge is 0.337 e. The lowest BCUT2D eigenvalue weighted by Gasteiger charge is -2.33. The molecule has 1 aromatic heterocycles. The summed E-state index contributed by atoms with van der Waals surface area (Å²) in [7, 11) is 0. The summed E-state index contributed by atoms with van der Waals surface area (Å²) in [6.45, 7) is 1.14. The average molecular weight is 268 g/mol. The zero-order valence-corrected chi connectivity index (χ0v) is 11.8. The molecule has 0 aromatic carbocycles. The highest BCUT2D eigenvalue weighted by Crippen LogP contribution is 2.56. The molecule has 0 amide bonds. The van der Waals surface area contributed by atoms with Crippen LogP contribution in [0.15, 0.2) is 18.7 Å². The summed E-state index contributed by atoms with van der Waals surface area (Å²) in [4.78, 5) is 4.14. The van der Waals surface area contributed by atoms with Crippen molar-refractivity contribution in [3.63, 3.8) is 0 Å². The maximum Gasteiger partial charge on any atom is 0.0945 e. The summed E-state index contributed by atoms with van der Waals surface area (Å²) in [5, 5.41) is 0. The van der Waals surface area contributed by atoms with Crippen LogP contribution in [-0.2, 0) is 6.54 Å². The van der Waals surface area contributed by atoms with Crippen molar-refractivity contribution in [1.82, 2.24) is 9.55 Å². The summed E-state index contributed by atoms with van der Waals surface area (Å²) in [6, 6.07) is 0. The lowest BCUT2D eigenvalue weighted by Crippen LogP contribution is -2.28. The van der Waals surface area contributed by atoms with E-state index in [9.17, 15) is 0 Å². The van der Waals surface area contributed by atoms with Crippen molar-refractivity contribution in [1.29, 1.82) is 0 Å². The minimum atomic E-state index is 0.529. The number of nitrogens with zero attached hydrogens (tertiary/aromatic N) is 2. The van der Waals surface area contributed by atoms with Crippen molar-refractivity contribution in [2.45, 2.75) is 42.7 Å². The first-order chi connectivity index (χ1) is 8.39. The Kier molecular flexibility index (Phi) is 3.71. The molecule has 3 rings (SSSR count). The van der Waals surface area contributed by atoms with Gasteiger partial charge in [-0.3, -0.25) is 0 Å². The molecule has 0 radical (unpaired) electrons. The standard InChI is InChI=1S/C13H20N2S2/c1-2-4-12(3-1)13(16-9-10-17-13)5-7-15-8-6-14-11-15/h6,8,11-12H,1-5,7,9-10H2. The fraction of sp³-hybridized carbons (Fsp3) is 0.769. The summed E-state index contributed by atoms with van der Waals surface area (Å²) in [5.41, 5.74) is 0. The van der Waals surface area contributed by atoms with Gasteiger partial charge >= 0.3 is 0 Å². The number of aromatic nitrogens is 2. The maximum absolute atomic E-state index is 4.14. The second-order valence-corrected chi connectivity index (χ2v) is 8.15. The third kappa shape index (κ3) is 2.53. The molecule has 0 unspecified atom stereocenters. The lowest BCUT2D eigenvalue weighted by molar-refractivity contribution is 0.446. The number of imidazole rings is 1. The minimum Gasteiger partial charge on any atom is -0.337 e. The zero-order chi connectivity index (χ0) is 11.6. The smallest absolute Gasteiger partial charge is 0.0945 e. The van der Waals surface area contributed by atoms with Gasteiger partial charge in [0.15, 0.2) is 0 Å². The SMILES string of the molecule is c1cn(CCC2(C3CCCC3)SCCS2)cn1. The Hall–Kier alpha value is -0.0900. The van der Waals surface area contributed by atoms with Crippen molar-refractivity contribution in [3.05, 3.63) is 18.7 Å². The third-order valence-corrected chi connectivity index (χ3v) is 7.87. The van der Waals surface area contributed by atoms with Crippen molar-refractivity contribution < 1.29 is 0 Å². The molecule has 2 fully saturated rings. The molecule has 2 heterocycles. The van der Waals surface area contributed by atoms with Crippen molar-refractivity contribution in [2.24, 2.45) is 5.92 Å². The Morgan fingerprint density at radius 2 is 2.00 bits per heavy atom. The highest BCUT2D eigenvalue weighted by Gasteiger charge is 2.43. The van der Waals surface area contributed by atoms with Gasteiger partial charge in [-0.15, -0.1) is 23.5 Å². The summed E-state index contributed by atoms with van der Waals surface area (Å²) in [5.74, 6) is 3.67. The van der Waals surface area contributed by atoms with Crippen LogP contribution >= 0.6 is 23.5 Å². The molecule has 4 heteroatoms. The predicted molar refractivity (Wildman–Crippen MR) is 76.4 cm³/mol. The van der Waals surface area contributed by atoms with E-state index in [0.29, 0.717) is 4.08 Å². The van der Waals surface area contributed by atoms with E-state index in [-0.39, 0.29) is 0 Å². The molecule has 1 saturated heterocycles. The molecule has 0 N–H and O–H groups in total. The van der Waals surface area contributed by atoms with Gasteiger partial charge in [0.05, 0.1) is 10.4 Å². The number of hydrogen-bond acceptors (Lipinski definition) is 3. The number of aryl methyl sites for hydroxylation is 1. The van der Waals surface area contributed by atoms with Gasteiger partial charge in [0.25, 0.3) is 0 Å². The fourth-order valence-corrected chi connectivity index (χ4v) is 6.73. The highest BCUT2D eigenvalue weighted by atomic mass is 32.2. The second kappa shape index (κ2) is 5.27. The Balaban J connectivity index is 1.66. The van der Waals surface area contributed by atoms with Crippen LogP contribution < -0.4 is 0 Å². The van der Waals surface area contributed by atoms with E-state index in [1.54, 1.807) is 0 Å². The van der Waals surface area contributed by atoms with Gasteiger partial charge in [-0.2, -0.15) is 0 Å². The molecular weight excluding hydrogens is 248 g/mol. The number of hydrogen-bond donors (Lipinski definition) is 0. The minimum absolute atomic E-state index is 0.529. The molecule has 2 nitrogen and oxygen atoms in total. The molecule has 1 saturated carbocycles. The second-order valence-electron chi connectivity index (χ2n) is 5.04. The van der Waals surface area contributed by atoms with Gasteiger partial charge < -0.3 is 4.57 Å². The highest BCUT2D eigenvalue weighted by molar-refractivity contribution is 8.21. The molecule has 2 aliphatic rings. The first kappa shape index (κ1) is 12.0. The fourth-order valence-electron chi connectivity index (χ4n) is 3.12. The molecule has 0 bridgehead atoms. The molecule has 0 spiro atoms. The zero-order valence-electron chi connectivity index (χ0n) is 10.2. The molecule has 94 valence electrons. The van der Waals surface area contributed by atoms with Crippen LogP contribution in [0.4, 0.5) is 0 Å². The van der Waals surface area contributed by atoms with E-state index in [1.807, 2.05) is 12.5 Å². The van der Waals surface area contributed by atoms with E-state index >= 15 is 0 Å². The molecule has 17 heavy (non-hydrogen) atoms. The number of rotatable bonds is 4. The van der Waals surface area contributed by atoms with Crippen LogP contribution in [0.25, 0.3) is 0 Å². The van der Waals surface area contributed by atoms with Crippen molar-refractivity contribution in [2.75, 3.05) is 11.5 Å². The van der Waals surface area contributed by atoms with Gasteiger partial charge in [-0.05, 0) is 25.2 Å². The van der Waals surface area contributed by atoms with Crippen LogP contribution in [-0.4, -0.2) is 25.1 Å². The van der Waals surface area contributed by atoms with Crippen LogP contribution in [0, 0.1) is 5.92 Å². The van der Waals surface area contributed by atoms with Crippen LogP contribution in [0.1, 0.15) is 32.1 Å². The Morgan fingerprint density at radius 1 is 1.24 bits per heavy atom. The first-order valence-electron chi connectivity index (χ1n) is 6.63. The Labute approximate surface area is 112 Å². The Bertz CT molecular complexity index is 338. The molecule has 1 aromatic rings. The summed E-state index contributed by atoms with van der Waals surface area (Å²) < 4.78 is 2.76. The molecule has 1 aliphatic carbocycles. The molecular formula is C13H20N2S2. The van der Waals surface area contributed by atoms with Gasteiger partial charge in [0.1, 0.15) is 0 Å². The van der Waals surface area contributed by atoms with Gasteiger partial charge in [-0.1, -0.05) is 12.8 Å². The first-order valence-corrected chi connectivity index (χ1v) is 8.60. The van der Waals surface area contributed by atoms with E-state index in [4.69, 9.17) is 0 Å². The molecule has 0 atom stereocenters. The van der Waals surface area contributed by atoms with Crippen LogP contribution in [0.5, 0.6) is 0 Å². The van der Waals surface area contributed by atoms with Crippen molar-refractivity contribution >= 4 is 23.5 Å². The number of thioether (sulfide) groups is 2. The monoisotopic (exact) mass is 268 g/mol. The quantitative estimate of drug-likeness (QED) is 0.830. The van der Waals surface area contributed by atoms with Gasteiger partial charge in [0.2, 0.25) is 0 Å². The van der Waals surface area contributed by atoms with Crippen LogP contribution in [0.3, 0.4) is 0 Å². The predicted octanol–water partition coefficient (Wildman–Crippen LogP) is 3.64. The third-order valence-electron chi connectivity index (χ3n) is 4.03. The average Bonchev–Trinajstić information content (AvgIpc) is 3.09. The summed E-state index contributed by atoms with van der Waals surface area (Å²) in [6.07, 6.45) is 13.1. The lowest BCUT2D eigenvalue weighted by atomic mass is 10.0. The van der Waals surface area contributed by atoms with E-state index in [0.717, 1.165) is 12.5 Å². The molecule has 1 aliphatic heterocycles. The normalized spacial score (nSPS) is 24.5. The summed E-state index contributed by atoms with van der Waals surface area (Å²) >= 11 is 4.48. The van der Waals surface area contributed by atoms with Crippen molar-refractivity contribution in [3.8, 4) is 0 Å².